The number of nitrogens with one attached hydrogen (secondary N) is 2. The second-order valence-corrected chi connectivity index (χ2v) is 9.75. The quantitative estimate of drug-likeness (QED) is 0.523. The van der Waals surface area contributed by atoms with Crippen molar-refractivity contribution < 1.29 is 28.6 Å². The smallest absolute Gasteiger partial charge is 0.303 e. The summed E-state index contributed by atoms with van der Waals surface area (Å²) < 4.78 is 25.5. The van der Waals surface area contributed by atoms with Crippen molar-refractivity contribution in [2.45, 2.75) is 62.8 Å². The summed E-state index contributed by atoms with van der Waals surface area (Å²) in [5.41, 5.74) is 0.787. The van der Waals surface area contributed by atoms with Gasteiger partial charge in [-0.15, -0.1) is 0 Å². The van der Waals surface area contributed by atoms with Crippen LogP contribution < -0.4 is 10.6 Å². The molecule has 3 fully saturated rings. The predicted octanol–water partition coefficient (Wildman–Crippen LogP) is 2.77. The molecule has 1 aliphatic carbocycles. The van der Waals surface area contributed by atoms with Crippen molar-refractivity contribution in [2.24, 2.45) is 5.41 Å². The van der Waals surface area contributed by atoms with Crippen molar-refractivity contribution in [1.29, 1.82) is 0 Å². The number of aliphatic carboxylic acids is 1. The fourth-order valence-electron chi connectivity index (χ4n) is 5.61. The van der Waals surface area contributed by atoms with Crippen LogP contribution in [0.5, 0.6) is 0 Å². The molecule has 1 aromatic heterocycles. The van der Waals surface area contributed by atoms with Crippen LogP contribution in [0.25, 0.3) is 11.3 Å². The molecule has 186 valence electrons. The molecule has 4 atom stereocenters. The number of benzene rings is 1. The van der Waals surface area contributed by atoms with Crippen LogP contribution in [0.4, 0.5) is 10.3 Å². The fraction of sp³-hybridized carbons (Fsp3) is 0.520. The Kier molecular flexibility index (Phi) is 6.66. The van der Waals surface area contributed by atoms with E-state index in [1.165, 1.54) is 12.1 Å². The van der Waals surface area contributed by atoms with Crippen molar-refractivity contribution in [1.82, 2.24) is 15.3 Å². The first-order valence-corrected chi connectivity index (χ1v) is 12.0. The number of halogens is 1. The summed E-state index contributed by atoms with van der Waals surface area (Å²) >= 11 is 0. The van der Waals surface area contributed by atoms with Gasteiger partial charge in [0.25, 0.3) is 0 Å². The van der Waals surface area contributed by atoms with Gasteiger partial charge in [-0.25, -0.2) is 14.4 Å². The largest absolute Gasteiger partial charge is 0.481 e. The Balaban J connectivity index is 1.19. The van der Waals surface area contributed by atoms with Crippen molar-refractivity contribution >= 4 is 17.8 Å². The van der Waals surface area contributed by atoms with Gasteiger partial charge in [0.1, 0.15) is 18.0 Å². The van der Waals surface area contributed by atoms with Gasteiger partial charge in [0.2, 0.25) is 11.9 Å². The van der Waals surface area contributed by atoms with Gasteiger partial charge in [-0.05, 0) is 36.5 Å². The molecule has 4 unspecified atom stereocenters. The summed E-state index contributed by atoms with van der Waals surface area (Å²) in [6, 6.07) is 7.41. The van der Waals surface area contributed by atoms with E-state index in [0.717, 1.165) is 25.7 Å². The number of anilines is 1. The van der Waals surface area contributed by atoms with E-state index >= 15 is 0 Å². The number of carboxylic acid groups (broad SMARTS) is 1. The lowest BCUT2D eigenvalue weighted by Crippen LogP contribution is -2.46. The molecular formula is C25H29FN4O5. The first-order valence-electron chi connectivity index (χ1n) is 12.0. The summed E-state index contributed by atoms with van der Waals surface area (Å²) in [6.45, 7) is 0.674. The van der Waals surface area contributed by atoms with Crippen LogP contribution in [0.1, 0.15) is 38.5 Å². The Morgan fingerprint density at radius 3 is 2.57 bits per heavy atom. The number of nitrogens with zero attached hydrogens (tertiary/aromatic N) is 2. The molecule has 3 N–H and O–H groups in total. The van der Waals surface area contributed by atoms with Gasteiger partial charge < -0.3 is 25.2 Å². The molecule has 9 nitrogen and oxygen atoms in total. The molecule has 35 heavy (non-hydrogen) atoms. The summed E-state index contributed by atoms with van der Waals surface area (Å²) in [7, 11) is 0. The number of fused-ring (bicyclic) bond motifs is 1. The Hall–Kier alpha value is -3.11. The standard InChI is InChI=1S/C25H29FN4O5/c26-16-5-3-4-15(10-16)17-6-9-27-24(29-17)30-19-14-35-22-18(13-34-23(19)22)28-20(31)11-25(12-21(32)33)7-1-2-8-25/h3-6,9-10,18-19,22-23H,1-2,7-8,11-14H2,(H,28,31)(H,32,33)(H,27,29,30). The fourth-order valence-corrected chi connectivity index (χ4v) is 5.61. The van der Waals surface area contributed by atoms with E-state index < -0.39 is 11.4 Å². The van der Waals surface area contributed by atoms with E-state index in [-0.39, 0.29) is 48.9 Å². The maximum Gasteiger partial charge on any atom is 0.303 e. The number of aromatic nitrogens is 2. The van der Waals surface area contributed by atoms with Crippen LogP contribution in [0, 0.1) is 11.2 Å². The van der Waals surface area contributed by atoms with Gasteiger partial charge in [-0.3, -0.25) is 9.59 Å². The zero-order valence-electron chi connectivity index (χ0n) is 19.3. The second kappa shape index (κ2) is 9.87. The zero-order chi connectivity index (χ0) is 24.4. The molecule has 5 rings (SSSR count). The van der Waals surface area contributed by atoms with E-state index in [0.29, 0.717) is 30.4 Å². The van der Waals surface area contributed by atoms with Crippen LogP contribution in [-0.2, 0) is 19.1 Å². The van der Waals surface area contributed by atoms with Crippen LogP contribution >= 0.6 is 0 Å². The number of carbonyl (C=O) groups excluding carboxylic acids is 1. The minimum atomic E-state index is -0.860. The number of hydrogen-bond acceptors (Lipinski definition) is 7. The molecule has 2 aromatic rings. The topological polar surface area (TPSA) is 123 Å². The highest BCUT2D eigenvalue weighted by Gasteiger charge is 2.49. The summed E-state index contributed by atoms with van der Waals surface area (Å²) in [5.74, 6) is -0.972. The van der Waals surface area contributed by atoms with Crippen molar-refractivity contribution in [3.63, 3.8) is 0 Å². The number of carboxylic acids is 1. The van der Waals surface area contributed by atoms with Gasteiger partial charge in [0.05, 0.1) is 37.4 Å². The predicted molar refractivity (Wildman–Crippen MR) is 124 cm³/mol. The SMILES string of the molecule is O=C(O)CC1(CC(=O)NC2COC3C(Nc4nccc(-c5cccc(F)c5)n4)COC23)CCCC1. The average Bonchev–Trinajstić information content (AvgIpc) is 3.53. The Morgan fingerprint density at radius 2 is 1.83 bits per heavy atom. The average molecular weight is 485 g/mol. The van der Waals surface area contributed by atoms with Crippen LogP contribution in [0.3, 0.4) is 0 Å². The lowest BCUT2D eigenvalue weighted by Gasteiger charge is -2.27. The number of carbonyl (C=O) groups is 2. The molecule has 2 saturated heterocycles. The summed E-state index contributed by atoms with van der Waals surface area (Å²) in [5, 5.41) is 15.6. The molecule has 3 aliphatic rings. The first-order chi connectivity index (χ1) is 16.9. The molecule has 3 heterocycles. The minimum absolute atomic E-state index is 0.0187. The maximum atomic E-state index is 13.6. The van der Waals surface area contributed by atoms with Gasteiger partial charge in [0.15, 0.2) is 0 Å². The highest BCUT2D eigenvalue weighted by Crippen LogP contribution is 2.44. The molecule has 0 spiro atoms. The first kappa shape index (κ1) is 23.6. The molecule has 0 radical (unpaired) electrons. The number of amides is 1. The van der Waals surface area contributed by atoms with Gasteiger partial charge in [-0.1, -0.05) is 25.0 Å². The third-order valence-electron chi connectivity index (χ3n) is 7.22. The van der Waals surface area contributed by atoms with Crippen LogP contribution in [-0.4, -0.2) is 64.5 Å². The summed E-state index contributed by atoms with van der Waals surface area (Å²) in [6.07, 6.45) is 4.66. The third kappa shape index (κ3) is 5.28. The van der Waals surface area contributed by atoms with Gasteiger partial charge in [0, 0.05) is 18.2 Å². The molecule has 0 bridgehead atoms. The molecule has 1 aromatic carbocycles. The maximum absolute atomic E-state index is 13.6. The van der Waals surface area contributed by atoms with Crippen LogP contribution in [0.15, 0.2) is 36.5 Å². The molecule has 2 aliphatic heterocycles. The van der Waals surface area contributed by atoms with Crippen molar-refractivity contribution in [3.8, 4) is 11.3 Å². The van der Waals surface area contributed by atoms with Crippen molar-refractivity contribution in [2.75, 3.05) is 18.5 Å². The highest BCUT2D eigenvalue weighted by atomic mass is 19.1. The van der Waals surface area contributed by atoms with Gasteiger partial charge >= 0.3 is 5.97 Å². The lowest BCUT2D eigenvalue weighted by atomic mass is 9.79. The second-order valence-electron chi connectivity index (χ2n) is 9.75. The number of rotatable bonds is 8. The Labute approximate surface area is 202 Å². The summed E-state index contributed by atoms with van der Waals surface area (Å²) in [4.78, 5) is 32.9. The van der Waals surface area contributed by atoms with E-state index in [1.807, 2.05) is 0 Å². The third-order valence-corrected chi connectivity index (χ3v) is 7.22. The molecule has 1 amide bonds. The molecule has 1 saturated carbocycles. The van der Waals surface area contributed by atoms with E-state index in [9.17, 15) is 19.1 Å². The number of hydrogen-bond donors (Lipinski definition) is 3. The van der Waals surface area contributed by atoms with Crippen LogP contribution in [0.2, 0.25) is 0 Å². The van der Waals surface area contributed by atoms with E-state index in [1.54, 1.807) is 24.4 Å². The van der Waals surface area contributed by atoms with E-state index in [4.69, 9.17) is 9.47 Å². The lowest BCUT2D eigenvalue weighted by molar-refractivity contribution is -0.140. The molecule has 10 heteroatoms. The van der Waals surface area contributed by atoms with Gasteiger partial charge in [-0.2, -0.15) is 0 Å². The Bertz CT molecular complexity index is 1090. The Morgan fingerprint density at radius 1 is 1.09 bits per heavy atom. The monoisotopic (exact) mass is 484 g/mol. The normalized spacial score (nSPS) is 26.9. The molecular weight excluding hydrogens is 455 g/mol. The highest BCUT2D eigenvalue weighted by molar-refractivity contribution is 5.78. The minimum Gasteiger partial charge on any atom is -0.481 e. The van der Waals surface area contributed by atoms with E-state index in [2.05, 4.69) is 20.6 Å². The van der Waals surface area contributed by atoms with Crippen molar-refractivity contribution in [3.05, 3.63) is 42.3 Å². The number of ether oxygens (including phenoxy) is 2. The zero-order valence-corrected chi connectivity index (χ0v) is 19.3.